The molecular weight excluding hydrogens is 289 g/mol. The first-order valence-corrected chi connectivity index (χ1v) is 6.10. The van der Waals surface area contributed by atoms with Crippen molar-refractivity contribution in [1.82, 2.24) is 10.6 Å². The number of carbonyl (C=O) groups is 2. The van der Waals surface area contributed by atoms with Gasteiger partial charge in [-0.15, -0.1) is 0 Å². The molecule has 8 heteroatoms. The van der Waals surface area contributed by atoms with E-state index in [1.54, 1.807) is 17.4 Å². The van der Waals surface area contributed by atoms with E-state index in [-0.39, 0.29) is 19.7 Å². The minimum Gasteiger partial charge on any atom is -0.484 e. The number of benzene rings is 1. The second kappa shape index (κ2) is 7.51. The zero-order valence-corrected chi connectivity index (χ0v) is 11.3. The molecule has 0 radical (unpaired) electrons. The number of carbonyl (C=O) groups excluding carboxylic acids is 2. The van der Waals surface area contributed by atoms with E-state index in [0.717, 1.165) is 5.56 Å². The number of aryl methyl sites for hydroxylation is 1. The standard InChI is InChI=1S/C13H15F3N2O3/c1-9-2-4-10(5-3-9)21-8-11(19)17-6-7-18-12(20)13(14,15)16/h2-5H,6-8H2,1H3,(H,17,19)(H,18,20). The Labute approximate surface area is 119 Å². The number of halogens is 3. The highest BCUT2D eigenvalue weighted by atomic mass is 19.4. The molecule has 0 aliphatic rings. The van der Waals surface area contributed by atoms with E-state index < -0.39 is 18.0 Å². The number of alkyl halides is 3. The Morgan fingerprint density at radius 3 is 2.24 bits per heavy atom. The van der Waals surface area contributed by atoms with Gasteiger partial charge in [-0.2, -0.15) is 13.2 Å². The van der Waals surface area contributed by atoms with E-state index in [1.807, 2.05) is 19.1 Å². The summed E-state index contributed by atoms with van der Waals surface area (Å²) in [6.45, 7) is 1.23. The van der Waals surface area contributed by atoms with Crippen molar-refractivity contribution in [3.8, 4) is 5.75 Å². The summed E-state index contributed by atoms with van der Waals surface area (Å²) in [7, 11) is 0. The van der Waals surface area contributed by atoms with Gasteiger partial charge in [0.1, 0.15) is 5.75 Å². The fourth-order valence-corrected chi connectivity index (χ4v) is 1.31. The lowest BCUT2D eigenvalue weighted by molar-refractivity contribution is -0.173. The molecule has 0 saturated carbocycles. The van der Waals surface area contributed by atoms with Crippen LogP contribution in [0.5, 0.6) is 5.75 Å². The van der Waals surface area contributed by atoms with Crippen molar-refractivity contribution in [2.24, 2.45) is 0 Å². The summed E-state index contributed by atoms with van der Waals surface area (Å²) < 4.78 is 40.7. The van der Waals surface area contributed by atoms with Gasteiger partial charge in [0.25, 0.3) is 5.91 Å². The van der Waals surface area contributed by atoms with Crippen molar-refractivity contribution in [2.75, 3.05) is 19.7 Å². The molecule has 2 amide bonds. The molecule has 5 nitrogen and oxygen atoms in total. The highest BCUT2D eigenvalue weighted by molar-refractivity contribution is 5.81. The predicted octanol–water partition coefficient (Wildman–Crippen LogP) is 1.17. The second-order valence-corrected chi connectivity index (χ2v) is 4.21. The first-order chi connectivity index (χ1) is 9.79. The number of rotatable bonds is 6. The molecule has 116 valence electrons. The van der Waals surface area contributed by atoms with Crippen molar-refractivity contribution >= 4 is 11.8 Å². The summed E-state index contributed by atoms with van der Waals surface area (Å²) in [5.74, 6) is -2.01. The van der Waals surface area contributed by atoms with E-state index >= 15 is 0 Å². The van der Waals surface area contributed by atoms with Crippen LogP contribution in [0.25, 0.3) is 0 Å². The topological polar surface area (TPSA) is 67.4 Å². The van der Waals surface area contributed by atoms with Gasteiger partial charge < -0.3 is 15.4 Å². The van der Waals surface area contributed by atoms with Gasteiger partial charge in [-0.05, 0) is 19.1 Å². The summed E-state index contributed by atoms with van der Waals surface area (Å²) in [5.41, 5.74) is 1.05. The van der Waals surface area contributed by atoms with Crippen LogP contribution in [0.1, 0.15) is 5.56 Å². The van der Waals surface area contributed by atoms with Crippen LogP contribution >= 0.6 is 0 Å². The second-order valence-electron chi connectivity index (χ2n) is 4.21. The molecule has 0 atom stereocenters. The first-order valence-electron chi connectivity index (χ1n) is 6.10. The van der Waals surface area contributed by atoms with Crippen molar-refractivity contribution in [2.45, 2.75) is 13.1 Å². The van der Waals surface area contributed by atoms with Crippen LogP contribution in [0.2, 0.25) is 0 Å². The van der Waals surface area contributed by atoms with Crippen LogP contribution in [0.15, 0.2) is 24.3 Å². The fourth-order valence-electron chi connectivity index (χ4n) is 1.31. The Kier molecular flexibility index (Phi) is 6.01. The lowest BCUT2D eigenvalue weighted by Gasteiger charge is -2.09. The maximum Gasteiger partial charge on any atom is 0.471 e. The van der Waals surface area contributed by atoms with Gasteiger partial charge in [0.05, 0.1) is 0 Å². The van der Waals surface area contributed by atoms with Gasteiger partial charge in [-0.1, -0.05) is 17.7 Å². The van der Waals surface area contributed by atoms with Crippen LogP contribution in [-0.4, -0.2) is 37.7 Å². The van der Waals surface area contributed by atoms with Crippen molar-refractivity contribution in [1.29, 1.82) is 0 Å². The van der Waals surface area contributed by atoms with Crippen molar-refractivity contribution in [3.05, 3.63) is 29.8 Å². The van der Waals surface area contributed by atoms with E-state index in [9.17, 15) is 22.8 Å². The van der Waals surface area contributed by atoms with Gasteiger partial charge >= 0.3 is 12.1 Å². The Morgan fingerprint density at radius 2 is 1.67 bits per heavy atom. The molecule has 0 spiro atoms. The van der Waals surface area contributed by atoms with Crippen LogP contribution in [0, 0.1) is 6.92 Å². The zero-order chi connectivity index (χ0) is 15.9. The third-order valence-electron chi connectivity index (χ3n) is 2.38. The monoisotopic (exact) mass is 304 g/mol. The molecule has 0 fully saturated rings. The van der Waals surface area contributed by atoms with Gasteiger partial charge in [0.2, 0.25) is 0 Å². The Balaban J connectivity index is 2.17. The van der Waals surface area contributed by atoms with E-state index in [0.29, 0.717) is 5.75 Å². The smallest absolute Gasteiger partial charge is 0.471 e. The minimum atomic E-state index is -4.92. The lowest BCUT2D eigenvalue weighted by Crippen LogP contribution is -2.41. The largest absolute Gasteiger partial charge is 0.484 e. The Hall–Kier alpha value is -2.25. The average Bonchev–Trinajstić information content (AvgIpc) is 2.41. The number of ether oxygens (including phenoxy) is 1. The van der Waals surface area contributed by atoms with Crippen LogP contribution in [0.3, 0.4) is 0 Å². The van der Waals surface area contributed by atoms with Crippen molar-refractivity contribution in [3.63, 3.8) is 0 Å². The van der Waals surface area contributed by atoms with Crippen LogP contribution < -0.4 is 15.4 Å². The number of hydrogen-bond acceptors (Lipinski definition) is 3. The van der Waals surface area contributed by atoms with E-state index in [2.05, 4.69) is 5.32 Å². The molecule has 0 aliphatic heterocycles. The van der Waals surface area contributed by atoms with E-state index in [4.69, 9.17) is 4.74 Å². The molecule has 21 heavy (non-hydrogen) atoms. The maximum absolute atomic E-state index is 11.9. The lowest BCUT2D eigenvalue weighted by atomic mass is 10.2. The summed E-state index contributed by atoms with van der Waals surface area (Å²) >= 11 is 0. The molecule has 0 aromatic heterocycles. The van der Waals surface area contributed by atoms with Crippen LogP contribution in [-0.2, 0) is 9.59 Å². The minimum absolute atomic E-state index is 0.113. The molecule has 1 aromatic carbocycles. The van der Waals surface area contributed by atoms with Gasteiger partial charge in [0, 0.05) is 13.1 Å². The fraction of sp³-hybridized carbons (Fsp3) is 0.385. The maximum atomic E-state index is 11.9. The molecular formula is C13H15F3N2O3. The SMILES string of the molecule is Cc1ccc(OCC(=O)NCCNC(=O)C(F)(F)F)cc1. The van der Waals surface area contributed by atoms with E-state index in [1.165, 1.54) is 0 Å². The highest BCUT2D eigenvalue weighted by Crippen LogP contribution is 2.13. The van der Waals surface area contributed by atoms with Gasteiger partial charge in [-0.3, -0.25) is 9.59 Å². The molecule has 0 saturated heterocycles. The number of hydrogen-bond donors (Lipinski definition) is 2. The highest BCUT2D eigenvalue weighted by Gasteiger charge is 2.38. The molecule has 0 unspecified atom stereocenters. The quantitative estimate of drug-likeness (QED) is 0.775. The summed E-state index contributed by atoms with van der Waals surface area (Å²) in [6.07, 6.45) is -4.92. The predicted molar refractivity (Wildman–Crippen MR) is 68.7 cm³/mol. The molecule has 0 bridgehead atoms. The normalized spacial score (nSPS) is 10.9. The Morgan fingerprint density at radius 1 is 1.10 bits per heavy atom. The number of nitrogens with one attached hydrogen (secondary N) is 2. The Bertz CT molecular complexity index is 486. The molecule has 1 rings (SSSR count). The summed E-state index contributed by atoms with van der Waals surface area (Å²) in [5, 5.41) is 3.96. The van der Waals surface area contributed by atoms with Gasteiger partial charge in [-0.25, -0.2) is 0 Å². The average molecular weight is 304 g/mol. The molecule has 0 aliphatic carbocycles. The third-order valence-corrected chi connectivity index (χ3v) is 2.38. The van der Waals surface area contributed by atoms with Crippen molar-refractivity contribution < 1.29 is 27.5 Å². The third kappa shape index (κ3) is 6.64. The summed E-state index contributed by atoms with van der Waals surface area (Å²) in [4.78, 5) is 21.8. The first kappa shape index (κ1) is 16.8. The van der Waals surface area contributed by atoms with Gasteiger partial charge in [0.15, 0.2) is 6.61 Å². The summed E-state index contributed by atoms with van der Waals surface area (Å²) in [6, 6.07) is 7.04. The zero-order valence-electron chi connectivity index (χ0n) is 11.3. The van der Waals surface area contributed by atoms with Crippen LogP contribution in [0.4, 0.5) is 13.2 Å². The molecule has 2 N–H and O–H groups in total. The number of amides is 2. The molecule has 0 heterocycles. The molecule has 1 aromatic rings.